The van der Waals surface area contributed by atoms with Gasteiger partial charge in [0.05, 0.1) is 0 Å². The summed E-state index contributed by atoms with van der Waals surface area (Å²) in [6.07, 6.45) is 5.59. The lowest BCUT2D eigenvalue weighted by Gasteiger charge is -2.20. The Hall–Kier alpha value is -7.80. The van der Waals surface area contributed by atoms with Crippen LogP contribution in [-0.4, -0.2) is 0 Å². The molecule has 1 atom stereocenters. The zero-order chi connectivity index (χ0) is 42.4. The van der Waals surface area contributed by atoms with Crippen LogP contribution in [0.3, 0.4) is 0 Å². The monoisotopic (exact) mass is 804 g/mol. The Kier molecular flexibility index (Phi) is 11.3. The fourth-order valence-electron chi connectivity index (χ4n) is 9.19. The number of fused-ring (bicyclic) bond motifs is 2. The summed E-state index contributed by atoms with van der Waals surface area (Å²) in [6.45, 7) is 2.34. The van der Waals surface area contributed by atoms with Crippen molar-refractivity contribution in [1.82, 2.24) is 0 Å². The van der Waals surface area contributed by atoms with E-state index in [0.29, 0.717) is 5.92 Å². The van der Waals surface area contributed by atoms with E-state index in [0.717, 1.165) is 6.42 Å². The second-order valence-corrected chi connectivity index (χ2v) is 16.5. The van der Waals surface area contributed by atoms with Gasteiger partial charge in [-0.1, -0.05) is 250 Å². The minimum Gasteiger partial charge on any atom is -0.0622 e. The van der Waals surface area contributed by atoms with Crippen LogP contribution in [0.15, 0.2) is 243 Å². The maximum absolute atomic E-state index is 2.47. The van der Waals surface area contributed by atoms with Crippen molar-refractivity contribution in [2.24, 2.45) is 0 Å². The number of hydrogen-bond donors (Lipinski definition) is 0. The molecule has 0 fully saturated rings. The minimum atomic E-state index is 0.388. The van der Waals surface area contributed by atoms with Gasteiger partial charge < -0.3 is 0 Å². The second-order valence-electron chi connectivity index (χ2n) is 16.5. The van der Waals surface area contributed by atoms with Crippen LogP contribution >= 0.6 is 0 Å². The average molecular weight is 805 g/mol. The van der Waals surface area contributed by atoms with Crippen molar-refractivity contribution in [2.75, 3.05) is 0 Å². The molecule has 0 heteroatoms. The molecule has 0 aromatic heterocycles. The van der Waals surface area contributed by atoms with Gasteiger partial charge in [-0.05, 0) is 124 Å². The van der Waals surface area contributed by atoms with Crippen LogP contribution in [0, 0.1) is 0 Å². The lowest BCUT2D eigenvalue weighted by Crippen LogP contribution is -1.99. The van der Waals surface area contributed by atoms with E-state index in [1.54, 1.807) is 0 Å². The van der Waals surface area contributed by atoms with Gasteiger partial charge in [0.15, 0.2) is 0 Å². The van der Waals surface area contributed by atoms with Crippen LogP contribution in [0.1, 0.15) is 57.3 Å². The topological polar surface area (TPSA) is 0 Å². The Bertz CT molecular complexity index is 3100. The first-order valence-electron chi connectivity index (χ1n) is 22.0. The first kappa shape index (κ1) is 39.3. The molecule has 0 N–H and O–H groups in total. The lowest BCUT2D eigenvalue weighted by atomic mass is 9.84. The molecule has 0 saturated heterocycles. The summed E-state index contributed by atoms with van der Waals surface area (Å²) in [7, 11) is 0. The van der Waals surface area contributed by atoms with Crippen LogP contribution in [0.25, 0.3) is 67.1 Å². The molecule has 0 amide bonds. The van der Waals surface area contributed by atoms with Crippen LogP contribution in [0.5, 0.6) is 0 Å². The molecule has 1 unspecified atom stereocenters. The van der Waals surface area contributed by atoms with E-state index in [-0.39, 0.29) is 0 Å². The van der Waals surface area contributed by atoms with Crippen molar-refractivity contribution in [3.05, 3.63) is 287 Å². The van der Waals surface area contributed by atoms with Gasteiger partial charge in [-0.15, -0.1) is 0 Å². The molecule has 0 spiro atoms. The Labute approximate surface area is 371 Å². The van der Waals surface area contributed by atoms with Gasteiger partial charge in [0, 0.05) is 0 Å². The Morgan fingerprint density at radius 2 is 0.698 bits per heavy atom. The summed E-state index contributed by atoms with van der Waals surface area (Å²) in [5, 5.41) is 5.04. The molecule has 0 saturated carbocycles. The van der Waals surface area contributed by atoms with Crippen LogP contribution in [0.2, 0.25) is 0 Å². The van der Waals surface area contributed by atoms with Crippen LogP contribution < -0.4 is 0 Å². The van der Waals surface area contributed by atoms with Gasteiger partial charge in [-0.2, -0.15) is 0 Å². The van der Waals surface area contributed by atoms with E-state index >= 15 is 0 Å². The molecule has 0 radical (unpaired) electrons. The van der Waals surface area contributed by atoms with E-state index in [1.165, 1.54) is 99.5 Å². The predicted molar refractivity (Wildman–Crippen MR) is 271 cm³/mol. The smallest absolute Gasteiger partial charge is 0.00263 e. The first-order valence-corrected chi connectivity index (χ1v) is 22.0. The summed E-state index contributed by atoms with van der Waals surface area (Å²) in [4.78, 5) is 0. The van der Waals surface area contributed by atoms with E-state index in [9.17, 15) is 0 Å². The standard InChI is InChI=1S/C63H48/c1-45(49-19-7-2-8-20-49)41-48-35-40-58-61(44-48)63(55-38-33-47(34-39-55)43-60(52-25-13-5-14-26-52)53-27-15-6-16-28-53)57-30-18-17-29-56(57)62(58)54-36-31-46(32-37-54)42-59(50-21-9-3-10-22-50)51-23-11-4-12-24-51/h2-40,42-45H,41H2,1H3. The van der Waals surface area contributed by atoms with Gasteiger partial charge in [-0.25, -0.2) is 0 Å². The van der Waals surface area contributed by atoms with Gasteiger partial charge in [0.1, 0.15) is 0 Å². The largest absolute Gasteiger partial charge is 0.0622 e. The Balaban J connectivity index is 1.11. The molecule has 0 nitrogen and oxygen atoms in total. The first-order chi connectivity index (χ1) is 31.2. The molecule has 10 rings (SSSR count). The summed E-state index contributed by atoms with van der Waals surface area (Å²) in [5.41, 5.74) is 17.2. The quantitative estimate of drug-likeness (QED) is 0.0902. The molecule has 0 aliphatic rings. The minimum absolute atomic E-state index is 0.388. The molecule has 10 aromatic carbocycles. The highest BCUT2D eigenvalue weighted by Gasteiger charge is 2.18. The fraction of sp³-hybridized carbons (Fsp3) is 0.0476. The highest BCUT2D eigenvalue weighted by Crippen LogP contribution is 2.45. The summed E-state index contributed by atoms with van der Waals surface area (Å²) in [5.74, 6) is 0.388. The van der Waals surface area contributed by atoms with Crippen molar-refractivity contribution in [1.29, 1.82) is 0 Å². The van der Waals surface area contributed by atoms with E-state index in [2.05, 4.69) is 262 Å². The Morgan fingerprint density at radius 1 is 0.349 bits per heavy atom. The molecular weight excluding hydrogens is 757 g/mol. The molecule has 0 aliphatic carbocycles. The molecule has 0 heterocycles. The lowest BCUT2D eigenvalue weighted by molar-refractivity contribution is 0.760. The van der Waals surface area contributed by atoms with E-state index < -0.39 is 0 Å². The molecule has 0 bridgehead atoms. The molecule has 0 aliphatic heterocycles. The summed E-state index contributed by atoms with van der Waals surface area (Å²) < 4.78 is 0. The third-order valence-electron chi connectivity index (χ3n) is 12.4. The Morgan fingerprint density at radius 3 is 1.11 bits per heavy atom. The molecule has 63 heavy (non-hydrogen) atoms. The van der Waals surface area contributed by atoms with Gasteiger partial charge in [0.2, 0.25) is 0 Å². The predicted octanol–water partition coefficient (Wildman–Crippen LogP) is 16.9. The van der Waals surface area contributed by atoms with E-state index in [1.807, 2.05) is 0 Å². The van der Waals surface area contributed by atoms with Crippen molar-refractivity contribution in [3.63, 3.8) is 0 Å². The van der Waals surface area contributed by atoms with Gasteiger partial charge in [-0.3, -0.25) is 0 Å². The van der Waals surface area contributed by atoms with Crippen LogP contribution in [0.4, 0.5) is 0 Å². The molecule has 300 valence electrons. The normalized spacial score (nSPS) is 11.6. The SMILES string of the molecule is CC(Cc1ccc2c(-c3ccc(C=C(c4ccccc4)c4ccccc4)cc3)c3ccccc3c(-c3ccc(C=C(c4ccccc4)c4ccccc4)cc3)c2c1)c1ccccc1. The highest BCUT2D eigenvalue weighted by atomic mass is 14.2. The molecule has 10 aromatic rings. The highest BCUT2D eigenvalue weighted by molar-refractivity contribution is 6.21. The van der Waals surface area contributed by atoms with Crippen molar-refractivity contribution in [3.8, 4) is 22.3 Å². The zero-order valence-corrected chi connectivity index (χ0v) is 35.5. The molecular formula is C63H48. The summed E-state index contributed by atoms with van der Waals surface area (Å²) in [6, 6.07) is 88.2. The maximum atomic E-state index is 2.47. The maximum Gasteiger partial charge on any atom is -0.00263 e. The van der Waals surface area contributed by atoms with Crippen molar-refractivity contribution < 1.29 is 0 Å². The second kappa shape index (κ2) is 18.0. The van der Waals surface area contributed by atoms with Gasteiger partial charge >= 0.3 is 0 Å². The van der Waals surface area contributed by atoms with E-state index in [4.69, 9.17) is 0 Å². The van der Waals surface area contributed by atoms with Crippen LogP contribution in [-0.2, 0) is 6.42 Å². The fourth-order valence-corrected chi connectivity index (χ4v) is 9.19. The van der Waals surface area contributed by atoms with Gasteiger partial charge in [0.25, 0.3) is 0 Å². The number of benzene rings is 10. The number of rotatable bonds is 11. The average Bonchev–Trinajstić information content (AvgIpc) is 3.36. The number of hydrogen-bond acceptors (Lipinski definition) is 0. The van der Waals surface area contributed by atoms with Crippen molar-refractivity contribution >= 4 is 44.8 Å². The third-order valence-corrected chi connectivity index (χ3v) is 12.4. The zero-order valence-electron chi connectivity index (χ0n) is 35.5. The van der Waals surface area contributed by atoms with Crippen molar-refractivity contribution in [2.45, 2.75) is 19.3 Å². The third kappa shape index (κ3) is 8.45. The summed E-state index contributed by atoms with van der Waals surface area (Å²) >= 11 is 0.